The first-order chi connectivity index (χ1) is 13.8. The number of rotatable bonds is 3. The van der Waals surface area contributed by atoms with Gasteiger partial charge in [-0.3, -0.25) is 4.79 Å². The van der Waals surface area contributed by atoms with Crippen LogP contribution in [0.25, 0.3) is 0 Å². The maximum atomic E-state index is 12.3. The zero-order chi connectivity index (χ0) is 18.9. The van der Waals surface area contributed by atoms with Crippen LogP contribution in [0.2, 0.25) is 0 Å². The van der Waals surface area contributed by atoms with Gasteiger partial charge in [0.05, 0.1) is 0 Å². The summed E-state index contributed by atoms with van der Waals surface area (Å²) in [6.45, 7) is 1.05. The number of nitrogens with one attached hydrogen (secondary N) is 1. The molecule has 3 aromatic carbocycles. The van der Waals surface area contributed by atoms with Crippen LogP contribution >= 0.6 is 0 Å². The van der Waals surface area contributed by atoms with Gasteiger partial charge in [-0.05, 0) is 41.5 Å². The Kier molecular flexibility index (Phi) is 4.13. The molecule has 0 saturated carbocycles. The first-order valence-corrected chi connectivity index (χ1v) is 9.32. The lowest BCUT2D eigenvalue weighted by molar-refractivity contribution is -0.116. The summed E-state index contributed by atoms with van der Waals surface area (Å²) in [7, 11) is 0. The van der Waals surface area contributed by atoms with E-state index in [-0.39, 0.29) is 11.8 Å². The van der Waals surface area contributed by atoms with Crippen molar-refractivity contribution in [3.8, 4) is 23.0 Å². The second kappa shape index (κ2) is 6.93. The van der Waals surface area contributed by atoms with Crippen LogP contribution in [-0.2, 0) is 4.79 Å². The monoisotopic (exact) mass is 373 g/mol. The molecule has 0 radical (unpaired) electrons. The largest absolute Gasteiger partial charge is 0.486 e. The molecule has 0 aromatic heterocycles. The third-order valence-corrected chi connectivity index (χ3v) is 4.99. The Hall–Kier alpha value is -3.47. The normalized spacial score (nSPS) is 17.4. The highest BCUT2D eigenvalue weighted by molar-refractivity contribution is 5.96. The summed E-state index contributed by atoms with van der Waals surface area (Å²) in [4.78, 5) is 12.3. The van der Waals surface area contributed by atoms with Gasteiger partial charge < -0.3 is 19.5 Å². The molecule has 0 bridgehead atoms. The van der Waals surface area contributed by atoms with Gasteiger partial charge in [-0.2, -0.15) is 0 Å². The summed E-state index contributed by atoms with van der Waals surface area (Å²) >= 11 is 0. The van der Waals surface area contributed by atoms with E-state index >= 15 is 0 Å². The number of hydrogen-bond acceptors (Lipinski definition) is 4. The highest BCUT2D eigenvalue weighted by Gasteiger charge is 2.29. The van der Waals surface area contributed by atoms with E-state index in [1.807, 2.05) is 66.7 Å². The zero-order valence-electron chi connectivity index (χ0n) is 15.2. The smallest absolute Gasteiger partial charge is 0.225 e. The topological polar surface area (TPSA) is 56.8 Å². The lowest BCUT2D eigenvalue weighted by atomic mass is 9.84. The standard InChI is InChI=1S/C23H19NO4/c25-23-13-18(19-12-21-22(14-20(19)24-23)27-10-9-26-21)15-5-4-8-17(11-15)28-16-6-2-1-3-7-16/h1-8,11-12,14,18H,9-10,13H2,(H,24,25). The molecule has 2 heterocycles. The number of carbonyl (C=O) groups is 1. The Morgan fingerprint density at radius 3 is 2.43 bits per heavy atom. The molecule has 0 spiro atoms. The molecule has 2 aliphatic heterocycles. The highest BCUT2D eigenvalue weighted by atomic mass is 16.6. The van der Waals surface area contributed by atoms with Crippen molar-refractivity contribution >= 4 is 11.6 Å². The van der Waals surface area contributed by atoms with E-state index in [1.165, 1.54) is 0 Å². The van der Waals surface area contributed by atoms with Crippen LogP contribution in [0.3, 0.4) is 0 Å². The summed E-state index contributed by atoms with van der Waals surface area (Å²) < 4.78 is 17.4. The predicted molar refractivity (Wildman–Crippen MR) is 105 cm³/mol. The van der Waals surface area contributed by atoms with Crippen molar-refractivity contribution < 1.29 is 19.0 Å². The molecule has 140 valence electrons. The van der Waals surface area contributed by atoms with Crippen LogP contribution in [0.4, 0.5) is 5.69 Å². The zero-order valence-corrected chi connectivity index (χ0v) is 15.2. The third-order valence-electron chi connectivity index (χ3n) is 4.99. The summed E-state index contributed by atoms with van der Waals surface area (Å²) in [5.41, 5.74) is 2.84. The summed E-state index contributed by atoms with van der Waals surface area (Å²) in [5.74, 6) is 2.84. The summed E-state index contributed by atoms with van der Waals surface area (Å²) in [6.07, 6.45) is 0.376. The Labute approximate surface area is 162 Å². The summed E-state index contributed by atoms with van der Waals surface area (Å²) in [6, 6.07) is 21.4. The van der Waals surface area contributed by atoms with Gasteiger partial charge in [-0.15, -0.1) is 0 Å². The molecule has 5 heteroatoms. The van der Waals surface area contributed by atoms with Crippen molar-refractivity contribution in [3.63, 3.8) is 0 Å². The van der Waals surface area contributed by atoms with Crippen LogP contribution in [0.5, 0.6) is 23.0 Å². The Morgan fingerprint density at radius 2 is 1.61 bits per heavy atom. The Balaban J connectivity index is 1.51. The van der Waals surface area contributed by atoms with E-state index < -0.39 is 0 Å². The van der Waals surface area contributed by atoms with Crippen LogP contribution in [0, 0.1) is 0 Å². The van der Waals surface area contributed by atoms with Gasteiger partial charge in [0.15, 0.2) is 11.5 Å². The summed E-state index contributed by atoms with van der Waals surface area (Å²) in [5, 5.41) is 2.96. The van der Waals surface area contributed by atoms with Crippen molar-refractivity contribution in [1.29, 1.82) is 0 Å². The second-order valence-electron chi connectivity index (χ2n) is 6.88. The van der Waals surface area contributed by atoms with Crippen molar-refractivity contribution in [2.75, 3.05) is 18.5 Å². The number of anilines is 1. The number of para-hydroxylation sites is 1. The molecule has 1 atom stereocenters. The van der Waals surface area contributed by atoms with Crippen LogP contribution in [-0.4, -0.2) is 19.1 Å². The fraction of sp³-hybridized carbons (Fsp3) is 0.174. The molecule has 1 amide bonds. The molecule has 0 saturated heterocycles. The quantitative estimate of drug-likeness (QED) is 0.721. The van der Waals surface area contributed by atoms with Crippen molar-refractivity contribution in [1.82, 2.24) is 0 Å². The maximum absolute atomic E-state index is 12.3. The number of ether oxygens (including phenoxy) is 3. The van der Waals surface area contributed by atoms with Crippen molar-refractivity contribution in [2.45, 2.75) is 12.3 Å². The van der Waals surface area contributed by atoms with Gasteiger partial charge in [0, 0.05) is 24.1 Å². The van der Waals surface area contributed by atoms with Gasteiger partial charge in [0.2, 0.25) is 5.91 Å². The van der Waals surface area contributed by atoms with Gasteiger partial charge in [-0.1, -0.05) is 30.3 Å². The number of benzene rings is 3. The predicted octanol–water partition coefficient (Wildman–Crippen LogP) is 4.72. The molecule has 0 fully saturated rings. The molecule has 5 nitrogen and oxygen atoms in total. The third kappa shape index (κ3) is 3.16. The fourth-order valence-corrected chi connectivity index (χ4v) is 3.71. The molecule has 1 unspecified atom stereocenters. The van der Waals surface area contributed by atoms with E-state index in [4.69, 9.17) is 14.2 Å². The van der Waals surface area contributed by atoms with E-state index in [0.717, 1.165) is 34.1 Å². The number of amides is 1. The Bertz CT molecular complexity index is 1030. The molecular formula is C23H19NO4. The van der Waals surface area contributed by atoms with Crippen LogP contribution < -0.4 is 19.5 Å². The Morgan fingerprint density at radius 1 is 0.857 bits per heavy atom. The average Bonchev–Trinajstić information content (AvgIpc) is 2.73. The highest BCUT2D eigenvalue weighted by Crippen LogP contribution is 2.44. The van der Waals surface area contributed by atoms with Gasteiger partial charge in [0.25, 0.3) is 0 Å². The lowest BCUT2D eigenvalue weighted by Gasteiger charge is -2.29. The van der Waals surface area contributed by atoms with E-state index in [0.29, 0.717) is 25.4 Å². The molecule has 5 rings (SSSR count). The van der Waals surface area contributed by atoms with Gasteiger partial charge in [0.1, 0.15) is 24.7 Å². The fourth-order valence-electron chi connectivity index (χ4n) is 3.71. The molecule has 28 heavy (non-hydrogen) atoms. The SMILES string of the molecule is O=C1CC(c2cccc(Oc3ccccc3)c2)c2cc3c(cc2N1)OCCO3. The minimum absolute atomic E-state index is 0.0106. The molecule has 3 aromatic rings. The lowest BCUT2D eigenvalue weighted by Crippen LogP contribution is -2.24. The average molecular weight is 373 g/mol. The van der Waals surface area contributed by atoms with Crippen molar-refractivity contribution in [3.05, 3.63) is 77.9 Å². The van der Waals surface area contributed by atoms with Crippen LogP contribution in [0.15, 0.2) is 66.7 Å². The van der Waals surface area contributed by atoms with Gasteiger partial charge >= 0.3 is 0 Å². The molecule has 2 aliphatic rings. The number of carbonyl (C=O) groups excluding carboxylic acids is 1. The molecule has 0 aliphatic carbocycles. The van der Waals surface area contributed by atoms with Crippen molar-refractivity contribution in [2.24, 2.45) is 0 Å². The van der Waals surface area contributed by atoms with Gasteiger partial charge in [-0.25, -0.2) is 0 Å². The van der Waals surface area contributed by atoms with Crippen LogP contribution in [0.1, 0.15) is 23.5 Å². The first-order valence-electron chi connectivity index (χ1n) is 9.32. The van der Waals surface area contributed by atoms with E-state index in [2.05, 4.69) is 5.32 Å². The number of hydrogen-bond donors (Lipinski definition) is 1. The number of fused-ring (bicyclic) bond motifs is 2. The van der Waals surface area contributed by atoms with E-state index in [1.54, 1.807) is 0 Å². The molecule has 1 N–H and O–H groups in total. The molecular weight excluding hydrogens is 354 g/mol. The minimum atomic E-state index is -0.0705. The van der Waals surface area contributed by atoms with E-state index in [9.17, 15) is 4.79 Å². The first kappa shape index (κ1) is 16.7. The minimum Gasteiger partial charge on any atom is -0.486 e. The maximum Gasteiger partial charge on any atom is 0.225 e. The second-order valence-corrected chi connectivity index (χ2v) is 6.88.